The molecule has 0 unspecified atom stereocenters. The molecule has 0 aliphatic heterocycles. The Bertz CT molecular complexity index is 998. The van der Waals surface area contributed by atoms with Gasteiger partial charge in [-0.15, -0.1) is 0 Å². The highest BCUT2D eigenvalue weighted by molar-refractivity contribution is 5.81. The minimum absolute atomic E-state index is 0.0814. The summed E-state index contributed by atoms with van der Waals surface area (Å²) in [6, 6.07) is 16.5. The number of fused-ring (bicyclic) bond motifs is 1. The van der Waals surface area contributed by atoms with Crippen LogP contribution in [0.5, 0.6) is 5.75 Å². The van der Waals surface area contributed by atoms with Crippen molar-refractivity contribution < 1.29 is 9.53 Å². The standard InChI is InChI=1S/C26H35N3O2/c1-19(2)20-12-14-21(15-13-20)31-18-17-29-23-10-7-6-9-22(23)28-24(29)11-8-16-27-25(30)26(3,4)5/h6-7,9-10,12-15,19H,8,11,16-18H2,1-5H3,(H,27,30). The Morgan fingerprint density at radius 1 is 1.10 bits per heavy atom. The Kier molecular flexibility index (Phi) is 7.37. The molecule has 5 heteroatoms. The maximum Gasteiger partial charge on any atom is 0.225 e. The largest absolute Gasteiger partial charge is 0.492 e. The third-order valence-electron chi connectivity index (χ3n) is 5.41. The summed E-state index contributed by atoms with van der Waals surface area (Å²) >= 11 is 0. The molecule has 0 saturated heterocycles. The first-order chi connectivity index (χ1) is 14.8. The number of aromatic nitrogens is 2. The van der Waals surface area contributed by atoms with Gasteiger partial charge in [0.15, 0.2) is 0 Å². The van der Waals surface area contributed by atoms with Gasteiger partial charge >= 0.3 is 0 Å². The lowest BCUT2D eigenvalue weighted by Crippen LogP contribution is -2.35. The summed E-state index contributed by atoms with van der Waals surface area (Å²) in [7, 11) is 0. The van der Waals surface area contributed by atoms with Crippen LogP contribution < -0.4 is 10.1 Å². The SMILES string of the molecule is CC(C)c1ccc(OCCn2c(CCCNC(=O)C(C)(C)C)nc3ccccc32)cc1. The number of amides is 1. The molecule has 0 aliphatic carbocycles. The lowest BCUT2D eigenvalue weighted by Gasteiger charge is -2.17. The van der Waals surface area contributed by atoms with Crippen molar-refractivity contribution >= 4 is 16.9 Å². The van der Waals surface area contributed by atoms with Crippen molar-refractivity contribution in [3.05, 3.63) is 59.9 Å². The van der Waals surface area contributed by atoms with E-state index in [-0.39, 0.29) is 11.3 Å². The van der Waals surface area contributed by atoms with Crippen LogP contribution in [-0.2, 0) is 17.8 Å². The zero-order chi connectivity index (χ0) is 22.4. The molecule has 0 bridgehead atoms. The van der Waals surface area contributed by atoms with Gasteiger partial charge in [0.05, 0.1) is 17.6 Å². The second-order valence-corrected chi connectivity index (χ2v) is 9.35. The number of benzene rings is 2. The van der Waals surface area contributed by atoms with Crippen molar-refractivity contribution in [2.45, 2.75) is 59.9 Å². The first-order valence-electron chi connectivity index (χ1n) is 11.2. The molecule has 1 N–H and O–H groups in total. The van der Waals surface area contributed by atoms with E-state index in [4.69, 9.17) is 9.72 Å². The number of rotatable bonds is 9. The summed E-state index contributed by atoms with van der Waals surface area (Å²) in [4.78, 5) is 16.9. The molecule has 5 nitrogen and oxygen atoms in total. The summed E-state index contributed by atoms with van der Waals surface area (Å²) in [5.74, 6) is 2.52. The molecule has 166 valence electrons. The van der Waals surface area contributed by atoms with Gasteiger partial charge in [0, 0.05) is 18.4 Å². The molecule has 0 radical (unpaired) electrons. The lowest BCUT2D eigenvalue weighted by molar-refractivity contribution is -0.128. The monoisotopic (exact) mass is 421 g/mol. The van der Waals surface area contributed by atoms with E-state index in [1.807, 2.05) is 51.1 Å². The zero-order valence-corrected chi connectivity index (χ0v) is 19.4. The molecule has 2 aromatic carbocycles. The quantitative estimate of drug-likeness (QED) is 0.475. The van der Waals surface area contributed by atoms with Crippen LogP contribution in [0.1, 0.15) is 58.3 Å². The molecule has 1 heterocycles. The fraction of sp³-hybridized carbons (Fsp3) is 0.462. The van der Waals surface area contributed by atoms with Crippen LogP contribution in [0.15, 0.2) is 48.5 Å². The van der Waals surface area contributed by atoms with Crippen molar-refractivity contribution in [2.24, 2.45) is 5.41 Å². The average Bonchev–Trinajstić information content (AvgIpc) is 3.08. The maximum absolute atomic E-state index is 12.1. The number of aryl methyl sites for hydroxylation is 1. The van der Waals surface area contributed by atoms with Gasteiger partial charge in [-0.3, -0.25) is 4.79 Å². The van der Waals surface area contributed by atoms with E-state index in [0.29, 0.717) is 19.1 Å². The summed E-state index contributed by atoms with van der Waals surface area (Å²) in [6.45, 7) is 12.1. The van der Waals surface area contributed by atoms with E-state index in [1.165, 1.54) is 5.56 Å². The Morgan fingerprint density at radius 2 is 1.81 bits per heavy atom. The topological polar surface area (TPSA) is 56.1 Å². The molecule has 3 aromatic rings. The smallest absolute Gasteiger partial charge is 0.225 e. The van der Waals surface area contributed by atoms with Gasteiger partial charge in [-0.05, 0) is 42.2 Å². The van der Waals surface area contributed by atoms with Crippen LogP contribution in [0.2, 0.25) is 0 Å². The minimum Gasteiger partial charge on any atom is -0.492 e. The van der Waals surface area contributed by atoms with E-state index < -0.39 is 0 Å². The molecule has 31 heavy (non-hydrogen) atoms. The van der Waals surface area contributed by atoms with Crippen LogP contribution in [0.3, 0.4) is 0 Å². The van der Waals surface area contributed by atoms with Gasteiger partial charge in [0.25, 0.3) is 0 Å². The molecule has 0 atom stereocenters. The van der Waals surface area contributed by atoms with E-state index in [9.17, 15) is 4.79 Å². The Balaban J connectivity index is 1.61. The Morgan fingerprint density at radius 3 is 2.48 bits per heavy atom. The van der Waals surface area contributed by atoms with E-state index in [1.54, 1.807) is 0 Å². The number of carbonyl (C=O) groups is 1. The van der Waals surface area contributed by atoms with Crippen molar-refractivity contribution in [1.29, 1.82) is 0 Å². The Labute approximate surface area is 185 Å². The summed E-state index contributed by atoms with van der Waals surface area (Å²) in [6.07, 6.45) is 1.66. The van der Waals surface area contributed by atoms with Crippen molar-refractivity contribution in [1.82, 2.24) is 14.9 Å². The van der Waals surface area contributed by atoms with Gasteiger partial charge in [-0.1, -0.05) is 58.9 Å². The van der Waals surface area contributed by atoms with Gasteiger partial charge in [0.1, 0.15) is 18.2 Å². The predicted molar refractivity (Wildman–Crippen MR) is 127 cm³/mol. The molecule has 0 fully saturated rings. The summed E-state index contributed by atoms with van der Waals surface area (Å²) < 4.78 is 8.25. The highest BCUT2D eigenvalue weighted by Crippen LogP contribution is 2.20. The van der Waals surface area contributed by atoms with Gasteiger partial charge in [0.2, 0.25) is 5.91 Å². The van der Waals surface area contributed by atoms with E-state index >= 15 is 0 Å². The molecule has 0 saturated carbocycles. The van der Waals surface area contributed by atoms with Crippen molar-refractivity contribution in [2.75, 3.05) is 13.2 Å². The first kappa shape index (κ1) is 22.9. The van der Waals surface area contributed by atoms with E-state index in [2.05, 4.69) is 41.9 Å². The van der Waals surface area contributed by atoms with Crippen LogP contribution in [-0.4, -0.2) is 28.6 Å². The second kappa shape index (κ2) is 9.99. The van der Waals surface area contributed by atoms with Crippen molar-refractivity contribution in [3.63, 3.8) is 0 Å². The van der Waals surface area contributed by atoms with Gasteiger partial charge in [-0.2, -0.15) is 0 Å². The molecule has 1 amide bonds. The highest BCUT2D eigenvalue weighted by atomic mass is 16.5. The average molecular weight is 422 g/mol. The van der Waals surface area contributed by atoms with Crippen LogP contribution in [0, 0.1) is 5.41 Å². The molecule has 0 spiro atoms. The number of nitrogens with zero attached hydrogens (tertiary/aromatic N) is 2. The van der Waals surface area contributed by atoms with Crippen LogP contribution in [0.4, 0.5) is 0 Å². The fourth-order valence-electron chi connectivity index (χ4n) is 3.48. The third-order valence-corrected chi connectivity index (χ3v) is 5.41. The highest BCUT2D eigenvalue weighted by Gasteiger charge is 2.20. The van der Waals surface area contributed by atoms with E-state index in [0.717, 1.165) is 42.0 Å². The molecule has 0 aliphatic rings. The number of carbonyl (C=O) groups excluding carboxylic acids is 1. The molecular weight excluding hydrogens is 386 g/mol. The summed E-state index contributed by atoms with van der Waals surface area (Å²) in [5.41, 5.74) is 3.07. The summed E-state index contributed by atoms with van der Waals surface area (Å²) in [5, 5.41) is 3.02. The second-order valence-electron chi connectivity index (χ2n) is 9.35. The maximum atomic E-state index is 12.1. The van der Waals surface area contributed by atoms with Gasteiger partial charge < -0.3 is 14.6 Å². The number of para-hydroxylation sites is 2. The molecular formula is C26H35N3O2. The third kappa shape index (κ3) is 6.09. The predicted octanol–water partition coefficient (Wildman–Crippen LogP) is 5.33. The number of hydrogen-bond donors (Lipinski definition) is 1. The minimum atomic E-state index is -0.363. The van der Waals surface area contributed by atoms with Crippen molar-refractivity contribution in [3.8, 4) is 5.75 Å². The lowest BCUT2D eigenvalue weighted by atomic mass is 9.96. The number of nitrogens with one attached hydrogen (secondary N) is 1. The first-order valence-corrected chi connectivity index (χ1v) is 11.2. The number of ether oxygens (including phenoxy) is 1. The zero-order valence-electron chi connectivity index (χ0n) is 19.4. The fourth-order valence-corrected chi connectivity index (χ4v) is 3.48. The molecule has 1 aromatic heterocycles. The van der Waals surface area contributed by atoms with Gasteiger partial charge in [-0.25, -0.2) is 4.98 Å². The molecule has 3 rings (SSSR count). The number of hydrogen-bond acceptors (Lipinski definition) is 3. The Hall–Kier alpha value is -2.82. The van der Waals surface area contributed by atoms with Crippen LogP contribution >= 0.6 is 0 Å². The van der Waals surface area contributed by atoms with Crippen LogP contribution in [0.25, 0.3) is 11.0 Å². The number of imidazole rings is 1. The normalized spacial score (nSPS) is 11.8.